The highest BCUT2D eigenvalue weighted by Gasteiger charge is 2.18. The molecule has 0 aliphatic carbocycles. The minimum atomic E-state index is -3.64. The van der Waals surface area contributed by atoms with Crippen LogP contribution in [-0.2, 0) is 16.6 Å². The van der Waals surface area contributed by atoms with Crippen molar-refractivity contribution in [2.24, 2.45) is 0 Å². The van der Waals surface area contributed by atoms with Crippen LogP contribution in [0.3, 0.4) is 0 Å². The largest absolute Gasteiger partial charge is 0.359 e. The number of hydrogen-bond donors (Lipinski definition) is 3. The van der Waals surface area contributed by atoms with Gasteiger partial charge in [-0.25, -0.2) is 18.1 Å². The zero-order valence-corrected chi connectivity index (χ0v) is 15.0. The fourth-order valence-corrected chi connectivity index (χ4v) is 3.77. The third-order valence-electron chi connectivity index (χ3n) is 3.92. The minimum Gasteiger partial charge on any atom is -0.359 e. The van der Waals surface area contributed by atoms with Crippen molar-refractivity contribution < 1.29 is 8.42 Å². The lowest BCUT2D eigenvalue weighted by atomic mass is 10.2. The third kappa shape index (κ3) is 3.22. The first kappa shape index (κ1) is 16.8. The number of aromatic nitrogens is 4. The fraction of sp³-hybridized carbons (Fsp3) is 0.0588. The van der Waals surface area contributed by atoms with Gasteiger partial charge < -0.3 is 4.98 Å². The van der Waals surface area contributed by atoms with E-state index in [9.17, 15) is 8.42 Å². The Labute approximate surface area is 154 Å². The highest BCUT2D eigenvalue weighted by Crippen LogP contribution is 2.27. The van der Waals surface area contributed by atoms with Gasteiger partial charge in [-0.05, 0) is 23.8 Å². The van der Waals surface area contributed by atoms with Crippen LogP contribution in [0.5, 0.6) is 0 Å². The summed E-state index contributed by atoms with van der Waals surface area (Å²) in [5.74, 6) is 0. The molecule has 0 fully saturated rings. The highest BCUT2D eigenvalue weighted by atomic mass is 35.5. The van der Waals surface area contributed by atoms with E-state index in [2.05, 4.69) is 24.9 Å². The molecule has 0 saturated heterocycles. The molecule has 4 rings (SSSR count). The maximum Gasteiger partial charge on any atom is 0.242 e. The van der Waals surface area contributed by atoms with Crippen molar-refractivity contribution in [3.63, 3.8) is 0 Å². The molecule has 3 aromatic heterocycles. The lowest BCUT2D eigenvalue weighted by Crippen LogP contribution is -2.22. The lowest BCUT2D eigenvalue weighted by Gasteiger charge is -2.04. The molecule has 0 saturated carbocycles. The molecule has 26 heavy (non-hydrogen) atoms. The van der Waals surface area contributed by atoms with E-state index in [1.165, 1.54) is 12.3 Å². The van der Waals surface area contributed by atoms with Gasteiger partial charge in [0.25, 0.3) is 0 Å². The molecule has 0 aliphatic rings. The van der Waals surface area contributed by atoms with Crippen LogP contribution >= 0.6 is 11.6 Å². The average molecular weight is 388 g/mol. The normalized spacial score (nSPS) is 11.9. The smallest absolute Gasteiger partial charge is 0.242 e. The van der Waals surface area contributed by atoms with Crippen LogP contribution in [0, 0.1) is 0 Å². The monoisotopic (exact) mass is 387 g/mol. The van der Waals surface area contributed by atoms with Crippen molar-refractivity contribution in [2.75, 3.05) is 0 Å². The summed E-state index contributed by atoms with van der Waals surface area (Å²) in [6.07, 6.45) is 1.44. The summed E-state index contributed by atoms with van der Waals surface area (Å²) >= 11 is 5.87. The first-order chi connectivity index (χ1) is 12.5. The molecule has 9 heteroatoms. The number of fused-ring (bicyclic) bond motifs is 1. The number of pyridine rings is 1. The molecule has 0 unspecified atom stereocenters. The van der Waals surface area contributed by atoms with Gasteiger partial charge >= 0.3 is 0 Å². The molecule has 0 spiro atoms. The second-order valence-corrected chi connectivity index (χ2v) is 7.82. The quantitative estimate of drug-likeness (QED) is 0.458. The van der Waals surface area contributed by atoms with Crippen molar-refractivity contribution in [1.82, 2.24) is 24.9 Å². The SMILES string of the molecule is O=S(=O)(NCc1ccccc1)c1c[nH]c(-c2n[nH]c3nc(Cl)ccc23)c1. The number of hydrogen-bond acceptors (Lipinski definition) is 4. The van der Waals surface area contributed by atoms with Crippen LogP contribution in [0.1, 0.15) is 5.56 Å². The topological polar surface area (TPSA) is 104 Å². The Morgan fingerprint density at radius 1 is 1.12 bits per heavy atom. The van der Waals surface area contributed by atoms with Gasteiger partial charge in [-0.3, -0.25) is 5.10 Å². The van der Waals surface area contributed by atoms with E-state index in [1.54, 1.807) is 12.1 Å². The summed E-state index contributed by atoms with van der Waals surface area (Å²) in [4.78, 5) is 7.24. The van der Waals surface area contributed by atoms with E-state index in [0.29, 0.717) is 22.2 Å². The van der Waals surface area contributed by atoms with Crippen LogP contribution in [-0.4, -0.2) is 28.6 Å². The first-order valence-corrected chi connectivity index (χ1v) is 9.62. The summed E-state index contributed by atoms with van der Waals surface area (Å²) in [5.41, 5.74) is 2.57. The molecule has 0 radical (unpaired) electrons. The van der Waals surface area contributed by atoms with Gasteiger partial charge in [-0.1, -0.05) is 41.9 Å². The number of aromatic amines is 2. The number of sulfonamides is 1. The van der Waals surface area contributed by atoms with E-state index in [1.807, 2.05) is 30.3 Å². The number of H-pyrrole nitrogens is 2. The van der Waals surface area contributed by atoms with Gasteiger partial charge in [0.1, 0.15) is 15.7 Å². The van der Waals surface area contributed by atoms with Crippen molar-refractivity contribution in [1.29, 1.82) is 0 Å². The number of nitrogens with zero attached hydrogens (tertiary/aromatic N) is 2. The molecule has 0 amide bonds. The van der Waals surface area contributed by atoms with Crippen LogP contribution in [0.4, 0.5) is 0 Å². The molecule has 3 heterocycles. The van der Waals surface area contributed by atoms with Crippen LogP contribution in [0.2, 0.25) is 5.15 Å². The number of benzene rings is 1. The molecule has 3 N–H and O–H groups in total. The second-order valence-electron chi connectivity index (χ2n) is 5.66. The Morgan fingerprint density at radius 3 is 2.73 bits per heavy atom. The van der Waals surface area contributed by atoms with Gasteiger partial charge in [-0.2, -0.15) is 5.10 Å². The zero-order valence-electron chi connectivity index (χ0n) is 13.4. The first-order valence-electron chi connectivity index (χ1n) is 7.76. The molecule has 4 aromatic rings. The van der Waals surface area contributed by atoms with Gasteiger partial charge in [0.05, 0.1) is 5.69 Å². The third-order valence-corrected chi connectivity index (χ3v) is 5.51. The molecule has 0 atom stereocenters. The van der Waals surface area contributed by atoms with Gasteiger partial charge in [0, 0.05) is 18.1 Å². The average Bonchev–Trinajstić information content (AvgIpc) is 3.27. The van der Waals surface area contributed by atoms with Crippen molar-refractivity contribution >= 4 is 32.7 Å². The fourth-order valence-electron chi connectivity index (χ4n) is 2.61. The Hall–Kier alpha value is -2.68. The van der Waals surface area contributed by atoms with E-state index in [-0.39, 0.29) is 11.4 Å². The summed E-state index contributed by atoms with van der Waals surface area (Å²) in [6.45, 7) is 0.220. The number of nitrogens with one attached hydrogen (secondary N) is 3. The van der Waals surface area contributed by atoms with Crippen LogP contribution in [0.25, 0.3) is 22.4 Å². The summed E-state index contributed by atoms with van der Waals surface area (Å²) in [6, 6.07) is 14.3. The van der Waals surface area contributed by atoms with Crippen molar-refractivity contribution in [3.05, 3.63) is 65.4 Å². The predicted octanol–water partition coefficient (Wildman–Crippen LogP) is 3.08. The Balaban J connectivity index is 1.60. The zero-order chi connectivity index (χ0) is 18.1. The molecule has 1 aromatic carbocycles. The number of rotatable bonds is 5. The number of halogens is 1. The molecular weight excluding hydrogens is 374 g/mol. The summed E-state index contributed by atoms with van der Waals surface area (Å²) in [7, 11) is -3.64. The van der Waals surface area contributed by atoms with Crippen molar-refractivity contribution in [3.8, 4) is 11.4 Å². The van der Waals surface area contributed by atoms with Crippen molar-refractivity contribution in [2.45, 2.75) is 11.4 Å². The van der Waals surface area contributed by atoms with Gasteiger partial charge in [-0.15, -0.1) is 0 Å². The van der Waals surface area contributed by atoms with E-state index in [4.69, 9.17) is 11.6 Å². The summed E-state index contributed by atoms with van der Waals surface area (Å²) in [5, 5.41) is 8.10. The van der Waals surface area contributed by atoms with E-state index < -0.39 is 10.0 Å². The molecule has 7 nitrogen and oxygen atoms in total. The highest BCUT2D eigenvalue weighted by molar-refractivity contribution is 7.89. The van der Waals surface area contributed by atoms with Crippen LogP contribution in [0.15, 0.2) is 59.6 Å². The Kier molecular flexibility index (Phi) is 4.23. The maximum atomic E-state index is 12.5. The van der Waals surface area contributed by atoms with Crippen LogP contribution < -0.4 is 4.72 Å². The summed E-state index contributed by atoms with van der Waals surface area (Å²) < 4.78 is 27.6. The lowest BCUT2D eigenvalue weighted by molar-refractivity contribution is 0.581. The molecular formula is C17H14ClN5O2S. The van der Waals surface area contributed by atoms with Gasteiger partial charge in [0.15, 0.2) is 5.65 Å². The molecule has 0 bridgehead atoms. The minimum absolute atomic E-state index is 0.140. The standard InChI is InChI=1S/C17H14ClN5O2S/c18-15-7-6-13-16(22-23-17(13)21-15)14-8-12(10-19-14)26(24,25)20-9-11-4-2-1-3-5-11/h1-8,10,19-20H,9H2,(H,21,22,23). The molecule has 0 aliphatic heterocycles. The predicted molar refractivity (Wildman–Crippen MR) is 99.2 cm³/mol. The van der Waals surface area contributed by atoms with Gasteiger partial charge in [0.2, 0.25) is 10.0 Å². The second kappa shape index (κ2) is 6.56. The van der Waals surface area contributed by atoms with E-state index >= 15 is 0 Å². The maximum absolute atomic E-state index is 12.5. The Morgan fingerprint density at radius 2 is 1.92 bits per heavy atom. The van der Waals surface area contributed by atoms with E-state index in [0.717, 1.165) is 10.9 Å². The molecule has 132 valence electrons. The Bertz CT molecular complexity index is 1170.